The van der Waals surface area contributed by atoms with Crippen molar-refractivity contribution < 1.29 is 19.3 Å². The third kappa shape index (κ3) is 5.08. The van der Waals surface area contributed by atoms with Gasteiger partial charge in [0.25, 0.3) is 0 Å². The van der Waals surface area contributed by atoms with Crippen LogP contribution >= 0.6 is 0 Å². The van der Waals surface area contributed by atoms with Crippen molar-refractivity contribution in [3.63, 3.8) is 0 Å². The lowest BCUT2D eigenvalue weighted by atomic mass is 9.87. The molecule has 35 heavy (non-hydrogen) atoms. The highest BCUT2D eigenvalue weighted by atomic mass is 19.1. The van der Waals surface area contributed by atoms with Gasteiger partial charge in [0.15, 0.2) is 0 Å². The molecular weight excluding hydrogens is 443 g/mol. The number of benzene rings is 3. The topological polar surface area (TPSA) is 56.2 Å². The van der Waals surface area contributed by atoms with Crippen molar-refractivity contribution in [2.24, 2.45) is 5.92 Å². The van der Waals surface area contributed by atoms with Crippen molar-refractivity contribution in [2.75, 3.05) is 37.8 Å². The standard InChI is InChI=1S/C29H33FN2O3/c1-20(31-14-12-21(17-30)18-31)19-35-27-9-2-22(3-10-27)29-28-11-8-26(34)16-23(28)13-15-32(29)24-4-6-25(33)7-5-24/h2-11,16,20-21,29,33-34H,12-15,17-19H2,1H3. The summed E-state index contributed by atoms with van der Waals surface area (Å²) in [4.78, 5) is 4.65. The SMILES string of the molecule is CC(COc1ccc(C2c3ccc(O)cc3CCN2c2ccc(O)cc2)cc1)N1CCC(CF)C1. The molecule has 0 radical (unpaired) electrons. The van der Waals surface area contributed by atoms with Gasteiger partial charge in [0, 0.05) is 30.7 Å². The van der Waals surface area contributed by atoms with Gasteiger partial charge in [-0.2, -0.15) is 0 Å². The Morgan fingerprint density at radius 2 is 1.71 bits per heavy atom. The van der Waals surface area contributed by atoms with Crippen molar-refractivity contribution in [2.45, 2.75) is 31.8 Å². The van der Waals surface area contributed by atoms with E-state index in [-0.39, 0.29) is 36.2 Å². The summed E-state index contributed by atoms with van der Waals surface area (Å²) in [6.45, 7) is 5.02. The Kier molecular flexibility index (Phi) is 6.82. The first-order valence-electron chi connectivity index (χ1n) is 12.4. The molecule has 3 aromatic rings. The Hall–Kier alpha value is -3.25. The molecular formula is C29H33FN2O3. The smallest absolute Gasteiger partial charge is 0.119 e. The van der Waals surface area contributed by atoms with Crippen LogP contribution in [0.4, 0.5) is 10.1 Å². The molecule has 2 heterocycles. The lowest BCUT2D eigenvalue weighted by molar-refractivity contribution is 0.165. The van der Waals surface area contributed by atoms with E-state index < -0.39 is 0 Å². The molecule has 184 valence electrons. The number of likely N-dealkylation sites (tertiary alicyclic amines) is 1. The molecule has 0 saturated carbocycles. The summed E-state index contributed by atoms with van der Waals surface area (Å²) in [5, 5.41) is 19.8. The van der Waals surface area contributed by atoms with Gasteiger partial charge in [-0.15, -0.1) is 0 Å². The molecule has 1 fully saturated rings. The van der Waals surface area contributed by atoms with Gasteiger partial charge in [0.1, 0.15) is 23.9 Å². The van der Waals surface area contributed by atoms with Crippen LogP contribution in [0, 0.1) is 5.92 Å². The van der Waals surface area contributed by atoms with Crippen LogP contribution in [0.25, 0.3) is 0 Å². The van der Waals surface area contributed by atoms with Crippen molar-refractivity contribution in [1.82, 2.24) is 4.90 Å². The van der Waals surface area contributed by atoms with E-state index in [1.165, 1.54) is 5.56 Å². The van der Waals surface area contributed by atoms with E-state index in [0.29, 0.717) is 6.61 Å². The average molecular weight is 477 g/mol. The number of hydrogen-bond donors (Lipinski definition) is 2. The number of phenolic OH excluding ortho intramolecular Hbond substituents is 2. The number of ether oxygens (including phenoxy) is 1. The van der Waals surface area contributed by atoms with Crippen molar-refractivity contribution in [3.8, 4) is 17.2 Å². The predicted octanol–water partition coefficient (Wildman–Crippen LogP) is 5.31. The Bertz CT molecular complexity index is 1140. The van der Waals surface area contributed by atoms with Crippen LogP contribution in [-0.4, -0.2) is 54.1 Å². The first kappa shape index (κ1) is 23.5. The first-order valence-corrected chi connectivity index (χ1v) is 12.4. The molecule has 3 unspecified atom stereocenters. The average Bonchev–Trinajstić information content (AvgIpc) is 3.37. The molecule has 0 aromatic heterocycles. The van der Waals surface area contributed by atoms with Gasteiger partial charge in [-0.1, -0.05) is 18.2 Å². The van der Waals surface area contributed by atoms with E-state index in [1.807, 2.05) is 36.4 Å². The molecule has 2 aliphatic heterocycles. The predicted molar refractivity (Wildman–Crippen MR) is 136 cm³/mol. The van der Waals surface area contributed by atoms with Crippen LogP contribution in [0.5, 0.6) is 17.2 Å². The third-order valence-electron chi connectivity index (χ3n) is 7.38. The molecule has 5 nitrogen and oxygen atoms in total. The number of alkyl halides is 1. The second-order valence-electron chi connectivity index (χ2n) is 9.78. The van der Waals surface area contributed by atoms with Gasteiger partial charge in [0.2, 0.25) is 0 Å². The Labute approximate surface area is 206 Å². The van der Waals surface area contributed by atoms with Gasteiger partial charge < -0.3 is 19.8 Å². The largest absolute Gasteiger partial charge is 0.508 e. The fourth-order valence-electron chi connectivity index (χ4n) is 5.35. The van der Waals surface area contributed by atoms with Gasteiger partial charge in [-0.05, 0) is 91.5 Å². The Morgan fingerprint density at radius 1 is 0.971 bits per heavy atom. The fraction of sp³-hybridized carbons (Fsp3) is 0.379. The lowest BCUT2D eigenvalue weighted by Crippen LogP contribution is -2.36. The Morgan fingerprint density at radius 3 is 2.43 bits per heavy atom. The van der Waals surface area contributed by atoms with Crippen molar-refractivity contribution >= 4 is 5.69 Å². The van der Waals surface area contributed by atoms with Crippen LogP contribution in [-0.2, 0) is 6.42 Å². The molecule has 0 bridgehead atoms. The molecule has 0 aliphatic carbocycles. The summed E-state index contributed by atoms with van der Waals surface area (Å²) in [5.41, 5.74) is 4.49. The quantitative estimate of drug-likeness (QED) is 0.484. The molecule has 1 saturated heterocycles. The molecule has 0 amide bonds. The van der Waals surface area contributed by atoms with E-state index in [1.54, 1.807) is 18.2 Å². The van der Waals surface area contributed by atoms with Gasteiger partial charge in [0.05, 0.1) is 12.7 Å². The number of aromatic hydroxyl groups is 2. The monoisotopic (exact) mass is 476 g/mol. The normalized spacial score (nSPS) is 21.0. The molecule has 6 heteroatoms. The summed E-state index contributed by atoms with van der Waals surface area (Å²) in [7, 11) is 0. The summed E-state index contributed by atoms with van der Waals surface area (Å²) in [5.74, 6) is 1.51. The van der Waals surface area contributed by atoms with Crippen molar-refractivity contribution in [1.29, 1.82) is 0 Å². The second-order valence-corrected chi connectivity index (χ2v) is 9.78. The van der Waals surface area contributed by atoms with E-state index in [4.69, 9.17) is 4.74 Å². The minimum atomic E-state index is -0.239. The first-order chi connectivity index (χ1) is 17.0. The number of hydrogen-bond acceptors (Lipinski definition) is 5. The zero-order valence-electron chi connectivity index (χ0n) is 20.1. The summed E-state index contributed by atoms with van der Waals surface area (Å²) in [6.07, 6.45) is 1.76. The number of fused-ring (bicyclic) bond motifs is 1. The maximum absolute atomic E-state index is 13.0. The third-order valence-corrected chi connectivity index (χ3v) is 7.38. The minimum Gasteiger partial charge on any atom is -0.508 e. The van der Waals surface area contributed by atoms with E-state index in [9.17, 15) is 14.6 Å². The highest BCUT2D eigenvalue weighted by Crippen LogP contribution is 2.40. The van der Waals surface area contributed by atoms with Crippen LogP contribution < -0.4 is 9.64 Å². The van der Waals surface area contributed by atoms with Crippen molar-refractivity contribution in [3.05, 3.63) is 83.4 Å². The van der Waals surface area contributed by atoms with Gasteiger partial charge >= 0.3 is 0 Å². The lowest BCUT2D eigenvalue weighted by Gasteiger charge is -2.39. The summed E-state index contributed by atoms with van der Waals surface area (Å²) >= 11 is 0. The molecule has 2 aliphatic rings. The number of anilines is 1. The van der Waals surface area contributed by atoms with Crippen LogP contribution in [0.1, 0.15) is 36.1 Å². The zero-order chi connectivity index (χ0) is 24.4. The highest BCUT2D eigenvalue weighted by molar-refractivity contribution is 5.58. The second kappa shape index (κ2) is 10.2. The van der Waals surface area contributed by atoms with Crippen LogP contribution in [0.2, 0.25) is 0 Å². The summed E-state index contributed by atoms with van der Waals surface area (Å²) in [6, 6.07) is 21.4. The number of rotatable bonds is 7. The van der Waals surface area contributed by atoms with Gasteiger partial charge in [-0.3, -0.25) is 9.29 Å². The van der Waals surface area contributed by atoms with E-state index >= 15 is 0 Å². The number of halogens is 1. The highest BCUT2D eigenvalue weighted by Gasteiger charge is 2.30. The van der Waals surface area contributed by atoms with Crippen LogP contribution in [0.3, 0.4) is 0 Å². The summed E-state index contributed by atoms with van der Waals surface area (Å²) < 4.78 is 19.0. The van der Waals surface area contributed by atoms with Gasteiger partial charge in [-0.25, -0.2) is 0 Å². The zero-order valence-corrected chi connectivity index (χ0v) is 20.1. The molecule has 5 rings (SSSR count). The number of phenols is 2. The molecule has 3 atom stereocenters. The molecule has 2 N–H and O–H groups in total. The Balaban J connectivity index is 1.35. The minimum absolute atomic E-state index is 0.0147. The molecule has 0 spiro atoms. The maximum Gasteiger partial charge on any atom is 0.119 e. The van der Waals surface area contributed by atoms with E-state index in [2.05, 4.69) is 28.9 Å². The number of nitrogens with zero attached hydrogens (tertiary/aromatic N) is 2. The maximum atomic E-state index is 13.0. The van der Waals surface area contributed by atoms with Crippen LogP contribution in [0.15, 0.2) is 66.7 Å². The fourth-order valence-corrected chi connectivity index (χ4v) is 5.35. The molecule has 3 aromatic carbocycles. The van der Waals surface area contributed by atoms with E-state index in [0.717, 1.165) is 55.0 Å².